The van der Waals surface area contributed by atoms with E-state index in [2.05, 4.69) is 20.5 Å². The first-order valence-corrected chi connectivity index (χ1v) is 12.7. The van der Waals surface area contributed by atoms with Gasteiger partial charge in [-0.15, -0.1) is 0 Å². The summed E-state index contributed by atoms with van der Waals surface area (Å²) in [5, 5.41) is 9.03. The molecule has 2 amide bonds. The maximum absolute atomic E-state index is 14.6. The lowest BCUT2D eigenvalue weighted by atomic mass is 9.90. The van der Waals surface area contributed by atoms with Gasteiger partial charge in [-0.1, -0.05) is 12.1 Å². The maximum atomic E-state index is 14.6. The van der Waals surface area contributed by atoms with Gasteiger partial charge in [0, 0.05) is 49.2 Å². The Morgan fingerprint density at radius 2 is 1.82 bits per heavy atom. The Kier molecular flexibility index (Phi) is 7.41. The number of hydrogen-bond donors (Lipinski definition) is 2. The molecule has 0 aliphatic carbocycles. The van der Waals surface area contributed by atoms with Gasteiger partial charge in [0.15, 0.2) is 11.6 Å². The molecule has 13 heteroatoms. The van der Waals surface area contributed by atoms with Crippen molar-refractivity contribution in [2.45, 2.75) is 62.7 Å². The van der Waals surface area contributed by atoms with Crippen LogP contribution in [0.5, 0.6) is 0 Å². The summed E-state index contributed by atoms with van der Waals surface area (Å²) >= 11 is 0. The number of alkyl halides is 3. The minimum atomic E-state index is -4.50. The van der Waals surface area contributed by atoms with E-state index in [4.69, 9.17) is 0 Å². The Morgan fingerprint density at radius 3 is 2.54 bits per heavy atom. The second kappa shape index (κ2) is 10.8. The molecule has 0 spiro atoms. The van der Waals surface area contributed by atoms with E-state index in [1.54, 1.807) is 11.0 Å². The average Bonchev–Trinajstić information content (AvgIpc) is 3.18. The highest BCUT2D eigenvalue weighted by Gasteiger charge is 2.35. The molecule has 39 heavy (non-hydrogen) atoms. The standard InChI is InChI=1S/C26H27F5N6O2/c27-20-3-1-2-18(22(20)28)16-4-5-21(23-32-13-17(37(23)14-16)12-26(29,30)31)34-25(39)36-10-7-15(8-11-36)19-6-9-33-35-24(19)38/h1-3,6,9,13,15-16,21H,4-5,7-8,10-12,14H2,(H,34,39)(H,35,38)/t16-,21-/m1/s1. The molecule has 1 fully saturated rings. The SMILES string of the molecule is O=C(N[C@@H]1CC[C@@H](c2cccc(F)c2F)Cn2c(CC(F)(F)F)cnc21)N1CCC(c2ccn[nH]c2=O)CC1. The van der Waals surface area contributed by atoms with Gasteiger partial charge < -0.3 is 14.8 Å². The third kappa shape index (κ3) is 5.81. The van der Waals surface area contributed by atoms with E-state index in [9.17, 15) is 31.5 Å². The number of fused-ring (bicyclic) bond motifs is 1. The van der Waals surface area contributed by atoms with Crippen molar-refractivity contribution in [2.24, 2.45) is 0 Å². The number of rotatable bonds is 4. The number of nitrogens with zero attached hydrogens (tertiary/aromatic N) is 4. The number of carbonyl (C=O) groups excluding carboxylic acids is 1. The summed E-state index contributed by atoms with van der Waals surface area (Å²) in [5.41, 5.74) is 0.324. The summed E-state index contributed by atoms with van der Waals surface area (Å²) < 4.78 is 69.9. The van der Waals surface area contributed by atoms with Gasteiger partial charge in [0.05, 0.1) is 12.5 Å². The molecule has 8 nitrogen and oxygen atoms in total. The molecule has 2 aliphatic rings. The summed E-state index contributed by atoms with van der Waals surface area (Å²) in [4.78, 5) is 31.1. The number of carbonyl (C=O) groups is 1. The number of H-pyrrole nitrogens is 1. The molecule has 2 atom stereocenters. The van der Waals surface area contributed by atoms with Crippen molar-refractivity contribution in [3.8, 4) is 0 Å². The molecule has 0 saturated carbocycles. The van der Waals surface area contributed by atoms with Crippen LogP contribution in [0.25, 0.3) is 0 Å². The highest BCUT2D eigenvalue weighted by Crippen LogP contribution is 2.36. The zero-order valence-corrected chi connectivity index (χ0v) is 20.8. The van der Waals surface area contributed by atoms with Crippen molar-refractivity contribution in [1.82, 2.24) is 30.0 Å². The maximum Gasteiger partial charge on any atom is 0.394 e. The summed E-state index contributed by atoms with van der Waals surface area (Å²) in [6.45, 7) is 0.741. The normalized spacial score (nSPS) is 20.4. The van der Waals surface area contributed by atoms with Gasteiger partial charge in [0.25, 0.3) is 5.56 Å². The van der Waals surface area contributed by atoms with Crippen LogP contribution >= 0.6 is 0 Å². The molecule has 0 radical (unpaired) electrons. The number of aromatic amines is 1. The van der Waals surface area contributed by atoms with Gasteiger partial charge in [-0.3, -0.25) is 4.79 Å². The van der Waals surface area contributed by atoms with Gasteiger partial charge >= 0.3 is 12.2 Å². The first kappa shape index (κ1) is 26.8. The number of likely N-dealkylation sites (tertiary alicyclic amines) is 1. The van der Waals surface area contributed by atoms with Gasteiger partial charge in [-0.2, -0.15) is 18.3 Å². The summed E-state index contributed by atoms with van der Waals surface area (Å²) in [5.74, 6) is -2.44. The van der Waals surface area contributed by atoms with Crippen LogP contribution in [0, 0.1) is 11.6 Å². The molecule has 2 N–H and O–H groups in total. The Morgan fingerprint density at radius 1 is 1.05 bits per heavy atom. The van der Waals surface area contributed by atoms with Crippen LogP contribution in [0.4, 0.5) is 26.7 Å². The zero-order chi connectivity index (χ0) is 27.7. The lowest BCUT2D eigenvalue weighted by molar-refractivity contribution is -0.128. The van der Waals surface area contributed by atoms with Crippen LogP contribution in [0.1, 0.15) is 66.2 Å². The van der Waals surface area contributed by atoms with Crippen molar-refractivity contribution < 1.29 is 26.7 Å². The third-order valence-corrected chi connectivity index (χ3v) is 7.57. The number of benzene rings is 1. The molecule has 2 aromatic heterocycles. The molecule has 0 bridgehead atoms. The van der Waals surface area contributed by atoms with E-state index in [1.165, 1.54) is 22.9 Å². The minimum absolute atomic E-state index is 0.0237. The second-order valence-electron chi connectivity index (χ2n) is 10.0. The fourth-order valence-electron chi connectivity index (χ4n) is 5.61. The van der Waals surface area contributed by atoms with E-state index >= 15 is 0 Å². The number of urea groups is 1. The van der Waals surface area contributed by atoms with Crippen LogP contribution in [0.3, 0.4) is 0 Å². The van der Waals surface area contributed by atoms with E-state index in [1.807, 2.05) is 0 Å². The van der Waals surface area contributed by atoms with Gasteiger partial charge in [0.1, 0.15) is 5.82 Å². The number of aromatic nitrogens is 4. The summed E-state index contributed by atoms with van der Waals surface area (Å²) in [6.07, 6.45) is -1.38. The van der Waals surface area contributed by atoms with Gasteiger partial charge in [-0.05, 0) is 49.3 Å². The largest absolute Gasteiger partial charge is 0.394 e. The fraction of sp³-hybridized carbons (Fsp3) is 0.462. The summed E-state index contributed by atoms with van der Waals surface area (Å²) in [6, 6.07) is 4.34. The highest BCUT2D eigenvalue weighted by molar-refractivity contribution is 5.74. The highest BCUT2D eigenvalue weighted by atomic mass is 19.4. The van der Waals surface area contributed by atoms with Gasteiger partial charge in [-0.25, -0.2) is 23.7 Å². The average molecular weight is 551 g/mol. The first-order chi connectivity index (χ1) is 18.6. The molecule has 208 valence electrons. The Labute approximate surface area is 220 Å². The van der Waals surface area contributed by atoms with Crippen LogP contribution in [0.2, 0.25) is 0 Å². The van der Waals surface area contributed by atoms with Crippen LogP contribution in [-0.4, -0.2) is 49.9 Å². The molecule has 4 heterocycles. The lowest BCUT2D eigenvalue weighted by Crippen LogP contribution is -2.46. The molecular formula is C26H27F5N6O2. The zero-order valence-electron chi connectivity index (χ0n) is 20.8. The quantitative estimate of drug-likeness (QED) is 0.466. The van der Waals surface area contributed by atoms with Crippen LogP contribution in [0.15, 0.2) is 41.5 Å². The number of hydrogen-bond acceptors (Lipinski definition) is 4. The van der Waals surface area contributed by atoms with Crippen molar-refractivity contribution in [2.75, 3.05) is 13.1 Å². The van der Waals surface area contributed by atoms with Crippen LogP contribution in [-0.2, 0) is 13.0 Å². The molecule has 5 rings (SSSR count). The molecular weight excluding hydrogens is 523 g/mol. The fourth-order valence-corrected chi connectivity index (χ4v) is 5.61. The van der Waals surface area contributed by atoms with Gasteiger partial charge in [0.2, 0.25) is 0 Å². The summed E-state index contributed by atoms with van der Waals surface area (Å²) in [7, 11) is 0. The second-order valence-corrected chi connectivity index (χ2v) is 10.0. The number of imidazole rings is 1. The van der Waals surface area contributed by atoms with Crippen molar-refractivity contribution in [3.05, 3.63) is 81.3 Å². The Bertz CT molecular complexity index is 1400. The Hall–Kier alpha value is -3.77. The topological polar surface area (TPSA) is 95.9 Å². The third-order valence-electron chi connectivity index (χ3n) is 7.57. The van der Waals surface area contributed by atoms with E-state index < -0.39 is 42.2 Å². The number of amides is 2. The van der Waals surface area contributed by atoms with E-state index in [-0.39, 0.29) is 41.5 Å². The van der Waals surface area contributed by atoms with Crippen molar-refractivity contribution in [3.63, 3.8) is 0 Å². The number of piperidine rings is 1. The van der Waals surface area contributed by atoms with Crippen molar-refractivity contribution >= 4 is 6.03 Å². The number of halogens is 5. The first-order valence-electron chi connectivity index (χ1n) is 12.7. The lowest BCUT2D eigenvalue weighted by Gasteiger charge is -2.33. The smallest absolute Gasteiger partial charge is 0.329 e. The van der Waals surface area contributed by atoms with Crippen LogP contribution < -0.4 is 10.9 Å². The van der Waals surface area contributed by atoms with E-state index in [0.29, 0.717) is 37.9 Å². The van der Waals surface area contributed by atoms with Crippen molar-refractivity contribution in [1.29, 1.82) is 0 Å². The molecule has 2 aliphatic heterocycles. The minimum Gasteiger partial charge on any atom is -0.329 e. The molecule has 1 aromatic carbocycles. The Balaban J connectivity index is 1.34. The predicted octanol–water partition coefficient (Wildman–Crippen LogP) is 4.56. The number of nitrogens with one attached hydrogen (secondary N) is 2. The predicted molar refractivity (Wildman–Crippen MR) is 130 cm³/mol. The van der Waals surface area contributed by atoms with E-state index in [0.717, 1.165) is 12.3 Å². The monoisotopic (exact) mass is 550 g/mol. The molecule has 3 aromatic rings. The molecule has 1 saturated heterocycles. The molecule has 0 unspecified atom stereocenters.